The largest absolute Gasteiger partial charge is 0.300 e. The van der Waals surface area contributed by atoms with E-state index in [2.05, 4.69) is 15.9 Å². The summed E-state index contributed by atoms with van der Waals surface area (Å²) in [5.41, 5.74) is 0.858. The van der Waals surface area contributed by atoms with Gasteiger partial charge in [0, 0.05) is 12.8 Å². The summed E-state index contributed by atoms with van der Waals surface area (Å²) in [5.74, 6) is 0.364. The Kier molecular flexibility index (Phi) is 5.13. The molecule has 0 aliphatic heterocycles. The van der Waals surface area contributed by atoms with Crippen molar-refractivity contribution in [2.45, 2.75) is 33.1 Å². The summed E-state index contributed by atoms with van der Waals surface area (Å²) in [7, 11) is 0. The Hall–Kier alpha value is -0.700. The van der Waals surface area contributed by atoms with Crippen LogP contribution in [0.2, 0.25) is 0 Å². The Bertz CT molecular complexity index is 374. The predicted molar refractivity (Wildman–Crippen MR) is 66.9 cm³/mol. The van der Waals surface area contributed by atoms with Crippen LogP contribution < -0.4 is 0 Å². The Balaban J connectivity index is 2.55. The lowest BCUT2D eigenvalue weighted by Crippen LogP contribution is -2.04. The fraction of sp³-hybridized carbons (Fsp3) is 0.462. The molecule has 0 aliphatic carbocycles. The molecule has 0 saturated heterocycles. The van der Waals surface area contributed by atoms with Crippen LogP contribution in [0.25, 0.3) is 0 Å². The van der Waals surface area contributed by atoms with Crippen LogP contribution in [0.4, 0.5) is 4.39 Å². The zero-order valence-electron chi connectivity index (χ0n) is 9.59. The molecule has 0 unspecified atom stereocenters. The molecule has 0 fully saturated rings. The predicted octanol–water partition coefficient (Wildman–Crippen LogP) is 4.14. The number of hydrogen-bond acceptors (Lipinski definition) is 1. The summed E-state index contributed by atoms with van der Waals surface area (Å²) in [6.07, 6.45) is 1.69. The van der Waals surface area contributed by atoms with E-state index in [0.29, 0.717) is 29.7 Å². The van der Waals surface area contributed by atoms with E-state index in [1.807, 2.05) is 19.9 Å². The highest BCUT2D eigenvalue weighted by Gasteiger charge is 2.09. The molecule has 0 radical (unpaired) electrons. The number of halogens is 2. The number of ketones is 1. The third kappa shape index (κ3) is 4.05. The third-order valence-electron chi connectivity index (χ3n) is 2.34. The normalized spacial score (nSPS) is 10.8. The minimum Gasteiger partial charge on any atom is -0.300 e. The molecule has 1 nitrogen and oxygen atoms in total. The fourth-order valence-corrected chi connectivity index (χ4v) is 2.04. The molecule has 3 heteroatoms. The van der Waals surface area contributed by atoms with E-state index in [4.69, 9.17) is 0 Å². The zero-order valence-corrected chi connectivity index (χ0v) is 11.2. The van der Waals surface area contributed by atoms with Crippen LogP contribution in [0.15, 0.2) is 22.7 Å². The van der Waals surface area contributed by atoms with Crippen molar-refractivity contribution in [3.63, 3.8) is 0 Å². The van der Waals surface area contributed by atoms with Crippen LogP contribution in [0, 0.1) is 11.7 Å². The van der Waals surface area contributed by atoms with Crippen molar-refractivity contribution in [2.75, 3.05) is 0 Å². The standard InChI is InChI=1S/C13H16BrFO/c1-9(2)8-11(16)7-6-10-4-3-5-12(15)13(10)14/h3-5,9H,6-8H2,1-2H3. The highest BCUT2D eigenvalue weighted by Crippen LogP contribution is 2.22. The molecule has 0 saturated carbocycles. The molecular weight excluding hydrogens is 271 g/mol. The summed E-state index contributed by atoms with van der Waals surface area (Å²) >= 11 is 3.19. The molecule has 1 aromatic carbocycles. The number of hydrogen-bond donors (Lipinski definition) is 0. The molecule has 0 aliphatic rings. The van der Waals surface area contributed by atoms with E-state index >= 15 is 0 Å². The van der Waals surface area contributed by atoms with Crippen LogP contribution in [0.1, 0.15) is 32.3 Å². The maximum Gasteiger partial charge on any atom is 0.137 e. The maximum absolute atomic E-state index is 13.2. The molecule has 0 atom stereocenters. The molecule has 0 N–H and O–H groups in total. The number of benzene rings is 1. The molecule has 16 heavy (non-hydrogen) atoms. The van der Waals surface area contributed by atoms with E-state index in [1.54, 1.807) is 6.07 Å². The van der Waals surface area contributed by atoms with Crippen molar-refractivity contribution in [3.8, 4) is 0 Å². The van der Waals surface area contributed by atoms with Gasteiger partial charge in [-0.1, -0.05) is 26.0 Å². The van der Waals surface area contributed by atoms with E-state index in [1.165, 1.54) is 6.07 Å². The SMILES string of the molecule is CC(C)CC(=O)CCc1cccc(F)c1Br. The summed E-state index contributed by atoms with van der Waals surface area (Å²) in [5, 5.41) is 0. The second-order valence-electron chi connectivity index (χ2n) is 4.35. The highest BCUT2D eigenvalue weighted by atomic mass is 79.9. The average Bonchev–Trinajstić information content (AvgIpc) is 2.19. The van der Waals surface area contributed by atoms with Gasteiger partial charge in [-0.15, -0.1) is 0 Å². The first-order chi connectivity index (χ1) is 7.50. The number of aryl methyl sites for hydroxylation is 1. The fourth-order valence-electron chi connectivity index (χ4n) is 1.57. The average molecular weight is 287 g/mol. The first-order valence-corrected chi connectivity index (χ1v) is 6.24. The third-order valence-corrected chi connectivity index (χ3v) is 3.23. The van der Waals surface area contributed by atoms with Gasteiger partial charge in [0.05, 0.1) is 4.47 Å². The van der Waals surface area contributed by atoms with Gasteiger partial charge in [-0.3, -0.25) is 4.79 Å². The smallest absolute Gasteiger partial charge is 0.137 e. The van der Waals surface area contributed by atoms with E-state index < -0.39 is 0 Å². The van der Waals surface area contributed by atoms with Crippen molar-refractivity contribution in [1.29, 1.82) is 0 Å². The lowest BCUT2D eigenvalue weighted by Gasteiger charge is -2.06. The van der Waals surface area contributed by atoms with Gasteiger partial charge in [0.15, 0.2) is 0 Å². The zero-order chi connectivity index (χ0) is 12.1. The minimum absolute atomic E-state index is 0.242. The molecule has 0 aromatic heterocycles. The highest BCUT2D eigenvalue weighted by molar-refractivity contribution is 9.10. The number of rotatable bonds is 5. The second kappa shape index (κ2) is 6.14. The summed E-state index contributed by atoms with van der Waals surface area (Å²) in [6.45, 7) is 4.05. The van der Waals surface area contributed by atoms with Gasteiger partial charge in [-0.25, -0.2) is 4.39 Å². The molecule has 1 aromatic rings. The Labute approximate surface area is 104 Å². The van der Waals surface area contributed by atoms with Crippen LogP contribution in [0.3, 0.4) is 0 Å². The van der Waals surface area contributed by atoms with Crippen LogP contribution in [0.5, 0.6) is 0 Å². The van der Waals surface area contributed by atoms with Gasteiger partial charge in [0.2, 0.25) is 0 Å². The topological polar surface area (TPSA) is 17.1 Å². The van der Waals surface area contributed by atoms with Crippen LogP contribution in [-0.2, 0) is 11.2 Å². The molecule has 0 bridgehead atoms. The van der Waals surface area contributed by atoms with Gasteiger partial charge in [-0.05, 0) is 39.9 Å². The van der Waals surface area contributed by atoms with E-state index in [9.17, 15) is 9.18 Å². The monoisotopic (exact) mass is 286 g/mol. The maximum atomic E-state index is 13.2. The quantitative estimate of drug-likeness (QED) is 0.795. The van der Waals surface area contributed by atoms with Gasteiger partial charge < -0.3 is 0 Å². The van der Waals surface area contributed by atoms with E-state index in [0.717, 1.165) is 5.56 Å². The number of carbonyl (C=O) groups excluding carboxylic acids is 1. The van der Waals surface area contributed by atoms with Gasteiger partial charge in [-0.2, -0.15) is 0 Å². The van der Waals surface area contributed by atoms with Crippen molar-refractivity contribution >= 4 is 21.7 Å². The minimum atomic E-state index is -0.270. The van der Waals surface area contributed by atoms with Gasteiger partial charge >= 0.3 is 0 Å². The molecular formula is C13H16BrFO. The first-order valence-electron chi connectivity index (χ1n) is 5.45. The van der Waals surface area contributed by atoms with Crippen molar-refractivity contribution < 1.29 is 9.18 Å². The van der Waals surface area contributed by atoms with Crippen molar-refractivity contribution in [1.82, 2.24) is 0 Å². The Morgan fingerprint density at radius 3 is 2.75 bits per heavy atom. The van der Waals surface area contributed by atoms with Gasteiger partial charge in [0.25, 0.3) is 0 Å². The Morgan fingerprint density at radius 2 is 2.12 bits per heavy atom. The van der Waals surface area contributed by atoms with Crippen LogP contribution >= 0.6 is 15.9 Å². The number of Topliss-reactive ketones (excluding diaryl/α,β-unsaturated/α-hetero) is 1. The summed E-state index contributed by atoms with van der Waals surface area (Å²) < 4.78 is 13.7. The summed E-state index contributed by atoms with van der Waals surface area (Å²) in [4.78, 5) is 11.5. The Morgan fingerprint density at radius 1 is 1.44 bits per heavy atom. The molecule has 1 rings (SSSR count). The summed E-state index contributed by atoms with van der Waals surface area (Å²) in [6, 6.07) is 4.92. The number of carbonyl (C=O) groups is 1. The molecule has 0 amide bonds. The van der Waals surface area contributed by atoms with E-state index in [-0.39, 0.29) is 11.6 Å². The second-order valence-corrected chi connectivity index (χ2v) is 5.14. The van der Waals surface area contributed by atoms with Gasteiger partial charge in [0.1, 0.15) is 11.6 Å². The van der Waals surface area contributed by atoms with Crippen molar-refractivity contribution in [3.05, 3.63) is 34.1 Å². The first kappa shape index (κ1) is 13.4. The van der Waals surface area contributed by atoms with Crippen molar-refractivity contribution in [2.24, 2.45) is 5.92 Å². The van der Waals surface area contributed by atoms with Crippen LogP contribution in [-0.4, -0.2) is 5.78 Å². The molecule has 88 valence electrons. The molecule has 0 heterocycles. The molecule has 0 spiro atoms. The lowest BCUT2D eigenvalue weighted by molar-refractivity contribution is -0.119. The lowest BCUT2D eigenvalue weighted by atomic mass is 10.0.